The van der Waals surface area contributed by atoms with Crippen LogP contribution in [-0.2, 0) is 0 Å². The summed E-state index contributed by atoms with van der Waals surface area (Å²) in [4.78, 5) is 5.95. The first-order chi connectivity index (χ1) is 19.6. The number of nitrogens with zero attached hydrogens (tertiary/aromatic N) is 3. The molecule has 5 aromatic carbocycles. The highest BCUT2D eigenvalue weighted by Gasteiger charge is 2.11. The van der Waals surface area contributed by atoms with Crippen molar-refractivity contribution in [1.29, 1.82) is 5.26 Å². The lowest BCUT2D eigenvalue weighted by Crippen LogP contribution is -2.09. The van der Waals surface area contributed by atoms with Crippen LogP contribution in [0.3, 0.4) is 0 Å². The second-order valence-electron chi connectivity index (χ2n) is 9.40. The Hall–Kier alpha value is -5.64. The molecule has 3 nitrogen and oxygen atoms in total. The van der Waals surface area contributed by atoms with E-state index in [1.807, 2.05) is 79.8 Å². The van der Waals surface area contributed by atoms with Gasteiger partial charge >= 0.3 is 0 Å². The molecule has 0 N–H and O–H groups in total. The molecule has 0 spiro atoms. The van der Waals surface area contributed by atoms with Crippen LogP contribution in [0.2, 0.25) is 0 Å². The Balaban J connectivity index is 1.41. The first-order valence-electron chi connectivity index (χ1n) is 13.0. The van der Waals surface area contributed by atoms with Crippen LogP contribution in [0.25, 0.3) is 29.1 Å². The molecule has 0 bridgehead atoms. The first kappa shape index (κ1) is 26.0. The van der Waals surface area contributed by atoms with Crippen LogP contribution in [-0.4, -0.2) is 0 Å². The monoisotopic (exact) mass is 513 g/mol. The van der Waals surface area contributed by atoms with E-state index in [0.717, 1.165) is 39.3 Å². The van der Waals surface area contributed by atoms with Crippen LogP contribution in [0.15, 0.2) is 121 Å². The van der Waals surface area contributed by atoms with E-state index < -0.39 is 0 Å². The van der Waals surface area contributed by atoms with Crippen molar-refractivity contribution in [3.05, 3.63) is 166 Å². The molecule has 0 radical (unpaired) electrons. The van der Waals surface area contributed by atoms with Crippen molar-refractivity contribution in [2.45, 2.75) is 6.92 Å². The summed E-state index contributed by atoms with van der Waals surface area (Å²) >= 11 is 0. The number of rotatable bonds is 7. The van der Waals surface area contributed by atoms with Gasteiger partial charge < -0.3 is 4.90 Å². The van der Waals surface area contributed by atoms with Crippen LogP contribution >= 0.6 is 0 Å². The maximum absolute atomic E-state index is 9.81. The maximum atomic E-state index is 9.81. The van der Waals surface area contributed by atoms with Gasteiger partial charge in [0.25, 0.3) is 0 Å². The highest BCUT2D eigenvalue weighted by Crippen LogP contribution is 2.34. The number of benzene rings is 5. The number of hydrogen-bond donors (Lipinski definition) is 0. The summed E-state index contributed by atoms with van der Waals surface area (Å²) in [6.07, 6.45) is 7.75. The van der Waals surface area contributed by atoms with Crippen molar-refractivity contribution >= 4 is 47.1 Å². The number of aryl methyl sites for hydroxylation is 1. The van der Waals surface area contributed by atoms with Gasteiger partial charge in [-0.1, -0.05) is 103 Å². The molecule has 0 saturated heterocycles. The van der Waals surface area contributed by atoms with Gasteiger partial charge in [0.05, 0.1) is 18.2 Å². The number of nitriles is 1. The minimum Gasteiger partial charge on any atom is -0.311 e. The Kier molecular flexibility index (Phi) is 7.97. The quantitative estimate of drug-likeness (QED) is 0.160. The van der Waals surface area contributed by atoms with E-state index in [0.29, 0.717) is 11.3 Å². The Labute approximate surface area is 236 Å². The Morgan fingerprint density at radius 2 is 1.12 bits per heavy atom. The van der Waals surface area contributed by atoms with Gasteiger partial charge in [-0.05, 0) is 77.7 Å². The van der Waals surface area contributed by atoms with Crippen LogP contribution in [0, 0.1) is 24.8 Å². The Bertz CT molecular complexity index is 1690. The highest BCUT2D eigenvalue weighted by molar-refractivity contribution is 5.83. The van der Waals surface area contributed by atoms with Gasteiger partial charge in [0, 0.05) is 17.1 Å². The van der Waals surface area contributed by atoms with E-state index in [4.69, 9.17) is 6.57 Å². The maximum Gasteiger partial charge on any atom is 0.194 e. The molecule has 190 valence electrons. The molecule has 40 heavy (non-hydrogen) atoms. The third-order valence-corrected chi connectivity index (χ3v) is 6.61. The second-order valence-corrected chi connectivity index (χ2v) is 9.40. The van der Waals surface area contributed by atoms with Crippen LogP contribution < -0.4 is 4.90 Å². The van der Waals surface area contributed by atoms with Gasteiger partial charge in [0.1, 0.15) is 0 Å². The normalized spacial score (nSPS) is 10.9. The van der Waals surface area contributed by atoms with Gasteiger partial charge in [-0.25, -0.2) is 4.85 Å². The van der Waals surface area contributed by atoms with Gasteiger partial charge in [-0.3, -0.25) is 0 Å². The molecule has 0 atom stereocenters. The topological polar surface area (TPSA) is 31.4 Å². The lowest BCUT2D eigenvalue weighted by molar-refractivity contribution is 1.28. The Morgan fingerprint density at radius 3 is 1.65 bits per heavy atom. The lowest BCUT2D eigenvalue weighted by atomic mass is 10.0. The molecule has 3 heteroatoms. The molecule has 0 aliphatic carbocycles. The fourth-order valence-corrected chi connectivity index (χ4v) is 4.47. The average molecular weight is 514 g/mol. The van der Waals surface area contributed by atoms with Crippen LogP contribution in [0.1, 0.15) is 33.4 Å². The molecule has 0 aliphatic heterocycles. The van der Waals surface area contributed by atoms with Crippen LogP contribution in [0.4, 0.5) is 22.7 Å². The summed E-state index contributed by atoms with van der Waals surface area (Å²) in [6, 6.07) is 42.9. The predicted octanol–water partition coefficient (Wildman–Crippen LogP) is 10.2. The van der Waals surface area contributed by atoms with Gasteiger partial charge in [0.15, 0.2) is 5.69 Å². The fourth-order valence-electron chi connectivity index (χ4n) is 4.47. The summed E-state index contributed by atoms with van der Waals surface area (Å²) in [7, 11) is 0. The fraction of sp³-hybridized carbons (Fsp3) is 0.0270. The van der Waals surface area contributed by atoms with Crippen molar-refractivity contribution in [1.82, 2.24) is 0 Å². The number of para-hydroxylation sites is 2. The molecular formula is C37H27N3. The molecule has 0 unspecified atom stereocenters. The molecule has 0 fully saturated rings. The van der Waals surface area contributed by atoms with Crippen molar-refractivity contribution in [2.24, 2.45) is 0 Å². The van der Waals surface area contributed by atoms with Gasteiger partial charge in [-0.2, -0.15) is 5.26 Å². The zero-order valence-electron chi connectivity index (χ0n) is 22.2. The molecule has 5 rings (SSSR count). The number of hydrogen-bond acceptors (Lipinski definition) is 2. The van der Waals surface area contributed by atoms with E-state index in [-0.39, 0.29) is 0 Å². The summed E-state index contributed by atoms with van der Waals surface area (Å²) in [5.74, 6) is 0. The third kappa shape index (κ3) is 6.08. The molecule has 5 aromatic rings. The number of anilines is 3. The molecule has 0 amide bonds. The third-order valence-electron chi connectivity index (χ3n) is 6.61. The van der Waals surface area contributed by atoms with E-state index in [1.165, 1.54) is 5.56 Å². The van der Waals surface area contributed by atoms with Crippen molar-refractivity contribution < 1.29 is 0 Å². The molecule has 0 aromatic heterocycles. The molecule has 0 aliphatic rings. The zero-order valence-corrected chi connectivity index (χ0v) is 22.2. The summed E-state index contributed by atoms with van der Waals surface area (Å²) in [5, 5.41) is 9.81. The van der Waals surface area contributed by atoms with Gasteiger partial charge in [0.2, 0.25) is 0 Å². The summed E-state index contributed by atoms with van der Waals surface area (Å²) in [6.45, 7) is 9.78. The van der Waals surface area contributed by atoms with Gasteiger partial charge in [-0.15, -0.1) is 0 Å². The van der Waals surface area contributed by atoms with E-state index in [1.54, 1.807) is 12.1 Å². The van der Waals surface area contributed by atoms with Crippen molar-refractivity contribution in [3.8, 4) is 6.07 Å². The van der Waals surface area contributed by atoms with Crippen LogP contribution in [0.5, 0.6) is 0 Å². The summed E-state index contributed by atoms with van der Waals surface area (Å²) in [5.41, 5.74) is 8.96. The Morgan fingerprint density at radius 1 is 0.625 bits per heavy atom. The smallest absolute Gasteiger partial charge is 0.194 e. The standard InChI is InChI=1S/C37H27N3/c1-28-13-15-29(16-14-28)17-21-31-26-37(39-2)32(25-33(31)27-38)22-18-30-19-23-36(24-20-30)40(34-9-5-3-6-10-34)35-11-7-4-8-12-35/h3-26H,1H3/b21-17+,22-18+. The lowest BCUT2D eigenvalue weighted by Gasteiger charge is -2.25. The second kappa shape index (κ2) is 12.3. The largest absolute Gasteiger partial charge is 0.311 e. The van der Waals surface area contributed by atoms with E-state index >= 15 is 0 Å². The first-order valence-corrected chi connectivity index (χ1v) is 13.0. The predicted molar refractivity (Wildman–Crippen MR) is 168 cm³/mol. The molecular weight excluding hydrogens is 486 g/mol. The van der Waals surface area contributed by atoms with E-state index in [9.17, 15) is 5.26 Å². The minimum atomic E-state index is 0.509. The summed E-state index contributed by atoms with van der Waals surface area (Å²) < 4.78 is 0. The van der Waals surface area contributed by atoms with E-state index in [2.05, 4.69) is 76.5 Å². The average Bonchev–Trinajstić information content (AvgIpc) is 3.01. The van der Waals surface area contributed by atoms with Crippen molar-refractivity contribution in [3.63, 3.8) is 0 Å². The van der Waals surface area contributed by atoms with Crippen molar-refractivity contribution in [2.75, 3.05) is 4.90 Å². The minimum absolute atomic E-state index is 0.509. The molecule has 0 saturated carbocycles. The SMILES string of the molecule is [C-]#[N+]c1cc(/C=C/c2ccc(C)cc2)c(C#N)cc1/C=C/c1ccc(N(c2ccccc2)c2ccccc2)cc1. The zero-order chi connectivity index (χ0) is 27.7. The highest BCUT2D eigenvalue weighted by atomic mass is 15.1. The molecule has 0 heterocycles.